The Morgan fingerprint density at radius 3 is 2.69 bits per heavy atom. The Kier molecular flexibility index (Phi) is 3.68. The highest BCUT2D eigenvalue weighted by Crippen LogP contribution is 2.44. The monoisotopic (exact) mass is 360 g/mol. The van der Waals surface area contributed by atoms with E-state index < -0.39 is 0 Å². The van der Waals surface area contributed by atoms with Crippen molar-refractivity contribution in [3.8, 4) is 0 Å². The van der Waals surface area contributed by atoms with Crippen molar-refractivity contribution in [2.45, 2.75) is 31.1 Å². The Morgan fingerprint density at radius 2 is 2.00 bits per heavy atom. The average Bonchev–Trinajstić information content (AvgIpc) is 3.30. The topological polar surface area (TPSA) is 45.8 Å². The van der Waals surface area contributed by atoms with Gasteiger partial charge in [0.25, 0.3) is 0 Å². The summed E-state index contributed by atoms with van der Waals surface area (Å²) in [5, 5.41) is 9.72. The Balaban J connectivity index is 1.59. The van der Waals surface area contributed by atoms with E-state index in [1.807, 2.05) is 0 Å². The van der Waals surface area contributed by atoms with Crippen molar-refractivity contribution in [3.63, 3.8) is 0 Å². The molecule has 1 aromatic carbocycles. The molecule has 3 nitrogen and oxygen atoms in total. The first kappa shape index (κ1) is 15.8. The number of hydrogen-bond acceptors (Lipinski definition) is 3. The number of ketones is 1. The number of nitrogens with zero attached hydrogens (tertiary/aromatic N) is 1. The fourth-order valence-corrected chi connectivity index (χ4v) is 5.02. The van der Waals surface area contributed by atoms with Crippen LogP contribution in [0.4, 0.5) is 0 Å². The lowest BCUT2D eigenvalue weighted by atomic mass is 9.71. The van der Waals surface area contributed by atoms with Crippen LogP contribution in [0.25, 0.3) is 6.08 Å². The Hall–Kier alpha value is -2.46. The van der Waals surface area contributed by atoms with Gasteiger partial charge < -0.3 is 0 Å². The third kappa shape index (κ3) is 2.32. The number of H-pyrrole nitrogens is 1. The first-order valence-corrected chi connectivity index (χ1v) is 10.1. The molecule has 5 rings (SSSR count). The van der Waals surface area contributed by atoms with E-state index in [1.165, 1.54) is 10.4 Å². The van der Waals surface area contributed by atoms with Crippen LogP contribution in [0.5, 0.6) is 0 Å². The number of nitrogens with one attached hydrogen (secondary N) is 1. The van der Waals surface area contributed by atoms with Gasteiger partial charge >= 0.3 is 0 Å². The quantitative estimate of drug-likeness (QED) is 0.665. The summed E-state index contributed by atoms with van der Waals surface area (Å²) < 4.78 is 0. The molecule has 1 unspecified atom stereocenters. The van der Waals surface area contributed by atoms with Gasteiger partial charge in [0.15, 0.2) is 5.78 Å². The summed E-state index contributed by atoms with van der Waals surface area (Å²) in [5.41, 5.74) is 3.75. The molecule has 2 aromatic heterocycles. The van der Waals surface area contributed by atoms with E-state index in [9.17, 15) is 4.79 Å². The second-order valence-electron chi connectivity index (χ2n) is 7.28. The maximum absolute atomic E-state index is 12.7. The second-order valence-corrected chi connectivity index (χ2v) is 8.23. The van der Waals surface area contributed by atoms with Crippen molar-refractivity contribution < 1.29 is 4.79 Å². The number of benzene rings is 1. The molecule has 4 heteroatoms. The summed E-state index contributed by atoms with van der Waals surface area (Å²) in [5.74, 6) is 0.385. The van der Waals surface area contributed by atoms with Crippen LogP contribution in [0.1, 0.15) is 51.4 Å². The molecule has 0 bridgehead atoms. The Morgan fingerprint density at radius 1 is 1.15 bits per heavy atom. The van der Waals surface area contributed by atoms with Crippen molar-refractivity contribution in [2.24, 2.45) is 5.92 Å². The summed E-state index contributed by atoms with van der Waals surface area (Å²) in [4.78, 5) is 14.0. The predicted molar refractivity (Wildman–Crippen MR) is 105 cm³/mol. The maximum atomic E-state index is 12.7. The van der Waals surface area contributed by atoms with Gasteiger partial charge in [-0.15, -0.1) is 11.3 Å². The number of carbonyl (C=O) groups excluding carboxylic acids is 1. The van der Waals surface area contributed by atoms with Gasteiger partial charge in [0.1, 0.15) is 5.69 Å². The molecule has 2 aliphatic carbocycles. The van der Waals surface area contributed by atoms with Crippen LogP contribution in [0, 0.1) is 5.92 Å². The summed E-state index contributed by atoms with van der Waals surface area (Å²) in [7, 11) is 0. The molecule has 1 saturated carbocycles. The highest BCUT2D eigenvalue weighted by molar-refractivity contribution is 7.10. The predicted octanol–water partition coefficient (Wildman–Crippen LogP) is 5.01. The molecular formula is C22H20N2OS. The van der Waals surface area contributed by atoms with E-state index in [2.05, 4.69) is 70.2 Å². The smallest absolute Gasteiger partial charge is 0.186 e. The van der Waals surface area contributed by atoms with Crippen LogP contribution in [-0.2, 0) is 11.8 Å². The van der Waals surface area contributed by atoms with E-state index in [1.54, 1.807) is 11.3 Å². The zero-order valence-electron chi connectivity index (χ0n) is 14.4. The van der Waals surface area contributed by atoms with Gasteiger partial charge in [0.05, 0.1) is 5.41 Å². The van der Waals surface area contributed by atoms with Crippen LogP contribution in [-0.4, -0.2) is 16.0 Å². The molecule has 26 heavy (non-hydrogen) atoms. The van der Waals surface area contributed by atoms with Crippen molar-refractivity contribution in [1.29, 1.82) is 0 Å². The second kappa shape index (κ2) is 6.06. The Bertz CT molecular complexity index is 967. The number of hydrogen-bond donors (Lipinski definition) is 1. The van der Waals surface area contributed by atoms with Gasteiger partial charge in [-0.1, -0.05) is 55.0 Å². The average molecular weight is 360 g/mol. The first-order valence-electron chi connectivity index (χ1n) is 9.18. The number of allylic oxidation sites excluding steroid dienone is 1. The number of fused-ring (bicyclic) bond motifs is 1. The standard InChI is InChI=1S/C22H20N2OS/c25-21(15-6-4-7-15)20-17-11-12-22(14-18(17)23-24-20,19-10-5-13-26-19)16-8-2-1-3-9-16/h1-3,5,8-13,15H,4,6-7,14H2,(H,23,24). The first-order chi connectivity index (χ1) is 12.8. The number of carbonyl (C=O) groups is 1. The van der Waals surface area contributed by atoms with Crippen LogP contribution >= 0.6 is 11.3 Å². The van der Waals surface area contributed by atoms with Gasteiger partial charge in [-0.05, 0) is 29.9 Å². The lowest BCUT2D eigenvalue weighted by molar-refractivity contribution is 0.0849. The van der Waals surface area contributed by atoms with Crippen molar-refractivity contribution in [3.05, 3.63) is 81.3 Å². The van der Waals surface area contributed by atoms with Gasteiger partial charge in [0.2, 0.25) is 0 Å². The molecule has 0 aliphatic heterocycles. The third-order valence-electron chi connectivity index (χ3n) is 5.83. The number of rotatable bonds is 4. The van der Waals surface area contributed by atoms with Crippen molar-refractivity contribution in [2.75, 3.05) is 0 Å². The van der Waals surface area contributed by atoms with Crippen molar-refractivity contribution >= 4 is 23.2 Å². The molecule has 130 valence electrons. The van der Waals surface area contributed by atoms with Crippen molar-refractivity contribution in [1.82, 2.24) is 10.2 Å². The van der Waals surface area contributed by atoms with E-state index in [0.29, 0.717) is 5.69 Å². The minimum Gasteiger partial charge on any atom is -0.292 e. The number of aromatic nitrogens is 2. The zero-order valence-corrected chi connectivity index (χ0v) is 15.3. The van der Waals surface area contributed by atoms with Gasteiger partial charge in [-0.3, -0.25) is 9.89 Å². The van der Waals surface area contributed by atoms with Crippen LogP contribution in [0.15, 0.2) is 53.9 Å². The van der Waals surface area contributed by atoms with Gasteiger partial charge in [0, 0.05) is 28.5 Å². The number of aromatic amines is 1. The van der Waals surface area contributed by atoms with E-state index in [-0.39, 0.29) is 17.1 Å². The molecule has 1 atom stereocenters. The van der Waals surface area contributed by atoms with E-state index >= 15 is 0 Å². The Labute approximate surface area is 156 Å². The molecule has 2 heterocycles. The van der Waals surface area contributed by atoms with E-state index in [4.69, 9.17) is 0 Å². The molecule has 0 spiro atoms. The summed E-state index contributed by atoms with van der Waals surface area (Å²) >= 11 is 1.78. The molecule has 1 fully saturated rings. The largest absolute Gasteiger partial charge is 0.292 e. The summed E-state index contributed by atoms with van der Waals surface area (Å²) in [6.45, 7) is 0. The van der Waals surface area contributed by atoms with Crippen LogP contribution in [0.2, 0.25) is 0 Å². The normalized spacial score (nSPS) is 22.0. The molecule has 3 aromatic rings. The lowest BCUT2D eigenvalue weighted by Gasteiger charge is -2.33. The number of Topliss-reactive ketones (excluding diaryl/α,β-unsaturated/α-hetero) is 1. The minimum absolute atomic E-state index is 0.175. The highest BCUT2D eigenvalue weighted by atomic mass is 32.1. The minimum atomic E-state index is -0.203. The SMILES string of the molecule is O=C(c1n[nH]c2c1C=CC(c1ccccc1)(c1cccs1)C2)C1CCC1. The molecule has 0 amide bonds. The van der Waals surface area contributed by atoms with E-state index in [0.717, 1.165) is 36.9 Å². The van der Waals surface area contributed by atoms with Crippen LogP contribution < -0.4 is 0 Å². The van der Waals surface area contributed by atoms with Gasteiger partial charge in [-0.2, -0.15) is 5.10 Å². The van der Waals surface area contributed by atoms with Crippen LogP contribution in [0.3, 0.4) is 0 Å². The molecule has 0 radical (unpaired) electrons. The molecular weight excluding hydrogens is 340 g/mol. The molecule has 1 N–H and O–H groups in total. The fourth-order valence-electron chi connectivity index (χ4n) is 4.09. The number of thiophene rings is 1. The van der Waals surface area contributed by atoms with Gasteiger partial charge in [-0.25, -0.2) is 0 Å². The zero-order chi connectivity index (χ0) is 17.6. The molecule has 2 aliphatic rings. The third-order valence-corrected chi connectivity index (χ3v) is 6.88. The fraction of sp³-hybridized carbons (Fsp3) is 0.273. The summed E-state index contributed by atoms with van der Waals surface area (Å²) in [6.07, 6.45) is 8.36. The highest BCUT2D eigenvalue weighted by Gasteiger charge is 2.38. The molecule has 0 saturated heterocycles. The summed E-state index contributed by atoms with van der Waals surface area (Å²) in [6, 6.07) is 14.9. The maximum Gasteiger partial charge on any atom is 0.186 e. The lowest BCUT2D eigenvalue weighted by Crippen LogP contribution is -2.30.